The molecule has 198 valence electrons. The maximum atomic E-state index is 13.4. The molecule has 0 amide bonds. The first-order valence-electron chi connectivity index (χ1n) is 11.3. The number of hydrogen-bond donors (Lipinski definition) is 0. The first-order chi connectivity index (χ1) is 17.5. The van der Waals surface area contributed by atoms with Gasteiger partial charge in [-0.05, 0) is 48.9 Å². The molecular weight excluding hydrogens is 552 g/mol. The molecule has 1 aliphatic rings. The third-order valence-corrected chi connectivity index (χ3v) is 6.96. The van der Waals surface area contributed by atoms with E-state index in [1.807, 2.05) is 11.9 Å². The van der Waals surface area contributed by atoms with Crippen molar-refractivity contribution >= 4 is 39.3 Å². The van der Waals surface area contributed by atoms with Gasteiger partial charge in [0.2, 0.25) is 0 Å². The van der Waals surface area contributed by atoms with Crippen LogP contribution < -0.4 is 14.2 Å². The predicted octanol–water partition coefficient (Wildman–Crippen LogP) is 4.15. The summed E-state index contributed by atoms with van der Waals surface area (Å²) in [4.78, 5) is 50.4. The number of halogens is 1. The van der Waals surface area contributed by atoms with Crippen LogP contribution in [0.3, 0.4) is 0 Å². The molecule has 37 heavy (non-hydrogen) atoms. The van der Waals surface area contributed by atoms with E-state index in [4.69, 9.17) is 18.9 Å². The van der Waals surface area contributed by atoms with Crippen molar-refractivity contribution in [2.45, 2.75) is 32.2 Å². The van der Waals surface area contributed by atoms with Gasteiger partial charge in [0, 0.05) is 41.1 Å². The average molecular weight is 579 g/mol. The second-order valence-corrected chi connectivity index (χ2v) is 9.37. The molecule has 2 aromatic rings. The van der Waals surface area contributed by atoms with E-state index >= 15 is 0 Å². The summed E-state index contributed by atoms with van der Waals surface area (Å²) < 4.78 is 22.5. The molecule has 0 aliphatic carbocycles. The van der Waals surface area contributed by atoms with E-state index in [9.17, 15) is 24.5 Å². The van der Waals surface area contributed by atoms with Crippen molar-refractivity contribution in [3.63, 3.8) is 0 Å². The molecule has 1 aliphatic heterocycles. The minimum Gasteiger partial charge on any atom is -0.496 e. The van der Waals surface area contributed by atoms with E-state index in [2.05, 4.69) is 15.9 Å². The molecule has 1 saturated heterocycles. The fourth-order valence-corrected chi connectivity index (χ4v) is 4.88. The van der Waals surface area contributed by atoms with Gasteiger partial charge in [0.25, 0.3) is 5.69 Å². The first-order valence-corrected chi connectivity index (χ1v) is 12.1. The Morgan fingerprint density at radius 2 is 1.81 bits per heavy atom. The first kappa shape index (κ1) is 28.1. The average Bonchev–Trinajstić information content (AvgIpc) is 3.21. The number of hydrogen-bond acceptors (Lipinski definition) is 10. The van der Waals surface area contributed by atoms with E-state index < -0.39 is 22.6 Å². The van der Waals surface area contributed by atoms with Gasteiger partial charge in [0.15, 0.2) is 11.5 Å². The van der Waals surface area contributed by atoms with Crippen LogP contribution in [0.2, 0.25) is 0 Å². The number of likely N-dealkylation sites (tertiary alicyclic amines) is 1. The zero-order valence-electron chi connectivity index (χ0n) is 21.0. The highest BCUT2D eigenvalue weighted by molar-refractivity contribution is 9.10. The van der Waals surface area contributed by atoms with Crippen molar-refractivity contribution in [3.8, 4) is 17.2 Å². The smallest absolute Gasteiger partial charge is 0.344 e. The van der Waals surface area contributed by atoms with Crippen molar-refractivity contribution < 1.29 is 38.3 Å². The van der Waals surface area contributed by atoms with Crippen LogP contribution in [0.4, 0.5) is 5.69 Å². The summed E-state index contributed by atoms with van der Waals surface area (Å²) in [6.07, 6.45) is 0.591. The fourth-order valence-electron chi connectivity index (χ4n) is 4.47. The molecule has 0 bridgehead atoms. The third kappa shape index (κ3) is 5.91. The van der Waals surface area contributed by atoms with Gasteiger partial charge in [-0.3, -0.25) is 24.6 Å². The van der Waals surface area contributed by atoms with Gasteiger partial charge >= 0.3 is 11.9 Å². The van der Waals surface area contributed by atoms with Crippen molar-refractivity contribution in [1.82, 2.24) is 4.90 Å². The molecule has 0 aromatic heterocycles. The topological polar surface area (TPSA) is 135 Å². The Morgan fingerprint density at radius 3 is 2.38 bits per heavy atom. The lowest BCUT2D eigenvalue weighted by Gasteiger charge is -2.28. The lowest BCUT2D eigenvalue weighted by Crippen LogP contribution is -2.34. The van der Waals surface area contributed by atoms with Crippen molar-refractivity contribution in [3.05, 3.63) is 55.5 Å². The molecule has 0 saturated carbocycles. The number of carbonyl (C=O) groups excluding carboxylic acids is 3. The van der Waals surface area contributed by atoms with Crippen molar-refractivity contribution in [2.75, 3.05) is 34.4 Å². The summed E-state index contributed by atoms with van der Waals surface area (Å²) in [7, 11) is 4.69. The molecule has 0 unspecified atom stereocenters. The largest absolute Gasteiger partial charge is 0.496 e. The molecule has 2 atom stereocenters. The molecule has 2 aromatic carbocycles. The van der Waals surface area contributed by atoms with Crippen molar-refractivity contribution in [2.24, 2.45) is 0 Å². The number of ether oxygens (including phenoxy) is 4. The zero-order valence-corrected chi connectivity index (χ0v) is 22.6. The number of Topliss-reactive ketones (excluding diaryl/α,β-unsaturated/α-hetero) is 1. The van der Waals surface area contributed by atoms with E-state index in [0.717, 1.165) is 6.07 Å². The molecular formula is C25H27BrN2O9. The summed E-state index contributed by atoms with van der Waals surface area (Å²) in [5.74, 6) is -1.75. The number of carbonyl (C=O) groups is 3. The minimum atomic E-state index is -0.919. The Hall–Kier alpha value is -3.51. The van der Waals surface area contributed by atoms with E-state index in [1.165, 1.54) is 40.2 Å². The molecule has 3 rings (SSSR count). The Labute approximate surface area is 221 Å². The van der Waals surface area contributed by atoms with Crippen LogP contribution >= 0.6 is 15.9 Å². The second kappa shape index (κ2) is 11.7. The van der Waals surface area contributed by atoms with E-state index in [0.29, 0.717) is 24.3 Å². The monoisotopic (exact) mass is 578 g/mol. The van der Waals surface area contributed by atoms with Crippen molar-refractivity contribution in [1.29, 1.82) is 0 Å². The van der Waals surface area contributed by atoms with Crippen LogP contribution in [-0.4, -0.2) is 68.0 Å². The number of nitrogens with zero attached hydrogens (tertiary/aromatic N) is 2. The maximum Gasteiger partial charge on any atom is 0.344 e. The van der Waals surface area contributed by atoms with Crippen LogP contribution in [0.1, 0.15) is 52.5 Å². The highest BCUT2D eigenvalue weighted by atomic mass is 79.9. The predicted molar refractivity (Wildman–Crippen MR) is 136 cm³/mol. The summed E-state index contributed by atoms with van der Waals surface area (Å²) in [6.45, 7) is 3.34. The fraction of sp³-hybridized carbons (Fsp3) is 0.400. The highest BCUT2D eigenvalue weighted by Crippen LogP contribution is 2.48. The summed E-state index contributed by atoms with van der Waals surface area (Å²) in [6, 6.07) is 4.95. The van der Waals surface area contributed by atoms with Crippen LogP contribution in [0.25, 0.3) is 0 Å². The van der Waals surface area contributed by atoms with Crippen LogP contribution in [-0.2, 0) is 9.53 Å². The molecule has 12 heteroatoms. The normalized spacial score (nSPS) is 17.2. The summed E-state index contributed by atoms with van der Waals surface area (Å²) >= 11 is 3.24. The number of benzene rings is 2. The maximum absolute atomic E-state index is 13.4. The Morgan fingerprint density at radius 1 is 1.14 bits per heavy atom. The van der Waals surface area contributed by atoms with Gasteiger partial charge in [-0.25, -0.2) is 4.79 Å². The third-order valence-electron chi connectivity index (χ3n) is 6.26. The Kier molecular flexibility index (Phi) is 8.87. The van der Waals surface area contributed by atoms with Gasteiger partial charge in [-0.15, -0.1) is 0 Å². The van der Waals surface area contributed by atoms with Crippen LogP contribution in [0, 0.1) is 10.1 Å². The zero-order chi connectivity index (χ0) is 27.4. The molecule has 1 heterocycles. The lowest BCUT2D eigenvalue weighted by atomic mass is 9.87. The second-order valence-electron chi connectivity index (χ2n) is 8.51. The molecule has 0 radical (unpaired) electrons. The summed E-state index contributed by atoms with van der Waals surface area (Å²) in [5, 5.41) is 11.3. The van der Waals surface area contributed by atoms with Gasteiger partial charge in [-0.2, -0.15) is 0 Å². The number of esters is 2. The lowest BCUT2D eigenvalue weighted by molar-refractivity contribution is -0.384. The van der Waals surface area contributed by atoms with Gasteiger partial charge < -0.3 is 18.9 Å². The Bertz CT molecular complexity index is 1250. The number of rotatable bonds is 9. The number of methoxy groups -OCH3 is 2. The highest BCUT2D eigenvalue weighted by Gasteiger charge is 2.40. The van der Waals surface area contributed by atoms with Gasteiger partial charge in [0.1, 0.15) is 23.7 Å². The van der Waals surface area contributed by atoms with E-state index in [-0.39, 0.29) is 51.4 Å². The molecule has 0 spiro atoms. The number of ketones is 1. The number of likely N-dealkylation sites (N-methyl/N-ethyl adjacent to an activating group) is 1. The molecule has 11 nitrogen and oxygen atoms in total. The van der Waals surface area contributed by atoms with Crippen LogP contribution in [0.15, 0.2) is 28.7 Å². The number of nitro benzene ring substituents is 1. The van der Waals surface area contributed by atoms with Gasteiger partial charge in [0.05, 0.1) is 30.7 Å². The van der Waals surface area contributed by atoms with E-state index in [1.54, 1.807) is 6.07 Å². The van der Waals surface area contributed by atoms with Gasteiger partial charge in [-0.1, -0.05) is 0 Å². The number of nitro groups is 1. The Balaban J connectivity index is 2.22. The standard InChI is InChI=1S/C25H27BrN2O9/c1-13(29)22-20(34-4)11-21(35-5)23(16-8-9-27(3)19(16)12-36-14(2)30)24(22)37-25(31)17-10-15(28(32)33)6-7-18(17)26/h6-7,10-11,16,19H,8-9,12H2,1-5H3/t16-,19+/m0/s1. The molecule has 0 N–H and O–H groups in total. The quantitative estimate of drug-likeness (QED) is 0.140. The number of non-ortho nitro benzene ring substituents is 1. The van der Waals surface area contributed by atoms with Crippen LogP contribution in [0.5, 0.6) is 17.2 Å². The minimum absolute atomic E-state index is 0.0222. The molecule has 1 fully saturated rings. The SMILES string of the molecule is COc1cc(OC)c([C@H]2CCN(C)[C@@H]2COC(C)=O)c(OC(=O)c2cc([N+](=O)[O-])ccc2Br)c1C(C)=O. The summed E-state index contributed by atoms with van der Waals surface area (Å²) in [5.41, 5.74) is 0.0552.